The van der Waals surface area contributed by atoms with Crippen molar-refractivity contribution in [2.24, 2.45) is 17.8 Å². The Morgan fingerprint density at radius 2 is 0.884 bits per heavy atom. The summed E-state index contributed by atoms with van der Waals surface area (Å²) in [4.78, 5) is 143. The van der Waals surface area contributed by atoms with Crippen LogP contribution in [0.2, 0.25) is 0 Å². The lowest BCUT2D eigenvalue weighted by molar-refractivity contribution is -0.282. The first-order valence-corrected chi connectivity index (χ1v) is 48.7. The second-order valence-corrected chi connectivity index (χ2v) is 38.7. The summed E-state index contributed by atoms with van der Waals surface area (Å²) in [6, 6.07) is -1.13. The number of hydrogen-bond donors (Lipinski definition) is 14. The van der Waals surface area contributed by atoms with Gasteiger partial charge in [0.2, 0.25) is 11.8 Å². The Balaban J connectivity index is 0.953. The number of likely N-dealkylation sites (tertiary alicyclic amines) is 1. The molecule has 0 saturated carbocycles. The van der Waals surface area contributed by atoms with Crippen LogP contribution in [-0.2, 0) is 108 Å². The third kappa shape index (κ3) is 37.1. The van der Waals surface area contributed by atoms with Crippen LogP contribution in [0.15, 0.2) is 12.7 Å². The highest BCUT2D eigenvalue weighted by molar-refractivity contribution is 7.53. The Bertz CT molecular complexity index is 3620. The molecule has 2 aromatic heterocycles. The van der Waals surface area contributed by atoms with Gasteiger partial charge in [0.05, 0.1) is 115 Å². The number of anilines is 1. The van der Waals surface area contributed by atoms with Gasteiger partial charge in [0.25, 0.3) is 0 Å². The number of fused-ring (bicyclic) bond motifs is 1. The number of rotatable bonds is 67. The number of hydrogen-bond acceptors (Lipinski definition) is 37. The number of carbonyl (C=O) groups is 8. The molecule has 15 N–H and O–H groups in total. The Labute approximate surface area is 752 Å². The van der Waals surface area contributed by atoms with Crippen molar-refractivity contribution in [1.82, 2.24) is 29.7 Å². The first kappa shape index (κ1) is 111. The number of aromatic nitrogens is 4. The van der Waals surface area contributed by atoms with Gasteiger partial charge in [-0.05, 0) is 83.5 Å². The maximum atomic E-state index is 14.6. The Morgan fingerprint density at radius 1 is 0.496 bits per heavy atom. The number of nitrogens with one attached hydrogen (secondary N) is 1. The minimum atomic E-state index is -5.17. The fraction of sp³-hybridized carbons (Fsp3) is 0.847. The van der Waals surface area contributed by atoms with Crippen molar-refractivity contribution in [3.05, 3.63) is 12.7 Å². The summed E-state index contributed by atoms with van der Waals surface area (Å²) in [7, 11) is -9.40. The van der Waals surface area contributed by atoms with E-state index >= 15 is 0 Å². The van der Waals surface area contributed by atoms with E-state index in [0.29, 0.717) is 135 Å². The number of imidazole rings is 1. The average Bonchev–Trinajstić information content (AvgIpc) is 1.63. The molecule has 7 heterocycles. The summed E-state index contributed by atoms with van der Waals surface area (Å²) < 4.78 is 104. The number of phosphoric ester groups is 1. The van der Waals surface area contributed by atoms with Gasteiger partial charge in [-0.25, -0.2) is 19.5 Å². The Kier molecular flexibility index (Phi) is 48.9. The van der Waals surface area contributed by atoms with E-state index in [1.54, 1.807) is 20.8 Å². The smallest absolute Gasteiger partial charge is 0.394 e. The molecule has 42 nitrogen and oxygen atoms in total. The normalized spacial score (nSPS) is 28.1. The minimum Gasteiger partial charge on any atom is -0.394 e. The molecule has 2 amide bonds. The quantitative estimate of drug-likeness (QED) is 0.0257. The molecule has 0 aliphatic carbocycles. The molecule has 5 saturated heterocycles. The first-order chi connectivity index (χ1) is 61.5. The number of nitrogen functional groups attached to an aromatic ring is 1. The molecule has 738 valence electrons. The van der Waals surface area contributed by atoms with Gasteiger partial charge in [-0.1, -0.05) is 53.9 Å². The van der Waals surface area contributed by atoms with Crippen molar-refractivity contribution in [2.75, 3.05) is 105 Å². The summed E-state index contributed by atoms with van der Waals surface area (Å²) in [5.74, 6) is -3.82. The molecule has 5 aliphatic rings. The van der Waals surface area contributed by atoms with E-state index in [9.17, 15) is 108 Å². The molecule has 8 unspecified atom stereocenters. The standard InChI is InChI=1S/C85H143N7O35P2/c1-53(2)128(111,112)121-47-69-65(40-72(123-69)92-52-89-73-80(86)87-51-88-81(73)92)127-129(113,114)122-46-57-39-64(102)42-91(57)71(104)41-70(103)90-85(48-115-36-30-61(99)24-12-6-9-21-58(96)27-15-18-33-118-82-54(3)74(105)77(108)66(43-93)124-82,49-116-37-31-62(100)25-13-7-10-22-59(97)28-16-19-34-119-83-55(4)75(106)78(109)67(44-94)125-83)50-117-38-32-63(101)26-14-8-11-23-60(98)29-17-20-35-120-84-56(5)76(107)79(110)68(45-95)126-84/h51-57,64-69,72,74-79,82-84,93-95,102,105-110H,6-50H2,1-5H3,(H,90,103)(H,111,112)(H,113,114)(H2,86,87,88)/t54?,55?,56?,57-,64+,65-,66?,67?,68?,69+,72+,74+,75+,76+,77-,78-,79-,82+,83+,84+,85?/m0/s1. The zero-order valence-corrected chi connectivity index (χ0v) is 76.9. The topological polar surface area (TPSA) is 618 Å². The van der Waals surface area contributed by atoms with E-state index in [4.69, 9.17) is 66.7 Å². The molecule has 5 aliphatic heterocycles. The number of Topliss-reactive ketones (excluding diaryl/α,β-unsaturated/α-hetero) is 6. The predicted octanol–water partition coefficient (Wildman–Crippen LogP) is 3.29. The molecular formula is C85H143N7O35P2. The summed E-state index contributed by atoms with van der Waals surface area (Å²) in [5.41, 5.74) is 3.94. The minimum absolute atomic E-state index is 0.0323. The van der Waals surface area contributed by atoms with Gasteiger partial charge >= 0.3 is 15.4 Å². The van der Waals surface area contributed by atoms with Gasteiger partial charge in [0.15, 0.2) is 30.3 Å². The fourth-order valence-electron chi connectivity index (χ4n) is 15.8. The zero-order valence-electron chi connectivity index (χ0n) is 75.1. The fourth-order valence-corrected chi connectivity index (χ4v) is 17.4. The lowest BCUT2D eigenvalue weighted by atomic mass is 9.92. The second-order valence-electron chi connectivity index (χ2n) is 34.9. The number of phosphoric acid groups is 1. The number of unbranched alkanes of at least 4 members (excludes halogenated alkanes) is 9. The van der Waals surface area contributed by atoms with Crippen molar-refractivity contribution >= 4 is 78.9 Å². The zero-order chi connectivity index (χ0) is 94.4. The van der Waals surface area contributed by atoms with E-state index in [-0.39, 0.29) is 149 Å². The molecule has 0 radical (unpaired) electrons. The van der Waals surface area contributed by atoms with E-state index in [0.717, 1.165) is 4.90 Å². The lowest BCUT2D eigenvalue weighted by Crippen LogP contribution is -2.59. The van der Waals surface area contributed by atoms with Crippen LogP contribution in [0.25, 0.3) is 11.2 Å². The molecule has 2 aromatic rings. The van der Waals surface area contributed by atoms with E-state index in [2.05, 4.69) is 20.3 Å². The summed E-state index contributed by atoms with van der Waals surface area (Å²) >= 11 is 0. The Morgan fingerprint density at radius 3 is 1.27 bits per heavy atom. The number of ketones is 6. The molecule has 44 heteroatoms. The van der Waals surface area contributed by atoms with Gasteiger partial charge in [-0.3, -0.25) is 56.5 Å². The molecule has 22 atom stereocenters. The van der Waals surface area contributed by atoms with E-state index in [1.165, 1.54) is 31.1 Å². The van der Waals surface area contributed by atoms with Crippen LogP contribution in [0.3, 0.4) is 0 Å². The summed E-state index contributed by atoms with van der Waals surface area (Å²) in [6.45, 7) is 3.66. The number of aliphatic hydroxyl groups excluding tert-OH is 10. The summed E-state index contributed by atoms with van der Waals surface area (Å²) in [6.07, 6.45) is -6.45. The molecule has 5 fully saturated rings. The van der Waals surface area contributed by atoms with E-state index < -0.39 is 220 Å². The third-order valence-corrected chi connectivity index (χ3v) is 26.8. The van der Waals surface area contributed by atoms with Gasteiger partial charge < -0.3 is 129 Å². The van der Waals surface area contributed by atoms with Gasteiger partial charge in [0.1, 0.15) is 114 Å². The van der Waals surface area contributed by atoms with Crippen LogP contribution < -0.4 is 11.1 Å². The van der Waals surface area contributed by atoms with Crippen LogP contribution in [0, 0.1) is 17.8 Å². The summed E-state index contributed by atoms with van der Waals surface area (Å²) in [5, 5.41) is 104. The maximum Gasteiger partial charge on any atom is 0.472 e. The highest BCUT2D eigenvalue weighted by Crippen LogP contribution is 2.52. The van der Waals surface area contributed by atoms with Crippen molar-refractivity contribution in [3.63, 3.8) is 0 Å². The van der Waals surface area contributed by atoms with Crippen LogP contribution in [0.4, 0.5) is 5.82 Å². The highest BCUT2D eigenvalue weighted by Gasteiger charge is 2.48. The molecule has 0 spiro atoms. The molecule has 129 heavy (non-hydrogen) atoms. The molecular weight excluding hydrogens is 1740 g/mol. The third-order valence-electron chi connectivity index (χ3n) is 24.0. The van der Waals surface area contributed by atoms with Crippen LogP contribution in [-0.4, -0.2) is 340 Å². The van der Waals surface area contributed by atoms with E-state index in [1.807, 2.05) is 0 Å². The number of aliphatic hydroxyl groups is 10. The number of amides is 2. The molecule has 0 bridgehead atoms. The number of nitrogens with two attached hydrogens (primary N) is 1. The first-order valence-electron chi connectivity index (χ1n) is 45.5. The van der Waals surface area contributed by atoms with Crippen LogP contribution >= 0.6 is 15.4 Å². The number of ether oxygens (including phenoxy) is 10. The SMILES string of the molecule is CC1[C@H](OCCCCC(=O)CCCCCC(=O)CCOCC(COCCC(=O)CCCCCC(=O)CCCCO[C@@H]2OC(CO)[C@H](O)[C@H](O)C2C)(COCCC(=O)CCCCCC(=O)CCCCO[C@@H]2OC(CO)[C@H](O)[C@H](O)C2C)NC(=O)CC(=O)N2C[C@H](O)C[C@H]2COP(=O)(O)O[C@H]2C[C@H](n3cnc4c(N)ncnc43)O[C@@H]2COP(=O)(O)C(C)C)OC(CO)[C@H](O)[C@@H]1O. The Hall–Kier alpha value is -5.23. The predicted molar refractivity (Wildman–Crippen MR) is 457 cm³/mol. The largest absolute Gasteiger partial charge is 0.472 e. The number of carbonyl (C=O) groups excluding carboxylic acids is 8. The maximum absolute atomic E-state index is 14.6. The monoisotopic (exact) mass is 1880 g/mol. The molecule has 7 rings (SSSR count). The number of nitrogens with zero attached hydrogens (tertiary/aromatic N) is 5. The van der Waals surface area contributed by atoms with Gasteiger partial charge in [-0.15, -0.1) is 0 Å². The van der Waals surface area contributed by atoms with Crippen molar-refractivity contribution in [3.8, 4) is 0 Å². The lowest BCUT2D eigenvalue weighted by Gasteiger charge is -2.40. The van der Waals surface area contributed by atoms with Crippen molar-refractivity contribution in [2.45, 2.75) is 343 Å². The van der Waals surface area contributed by atoms with Gasteiger partial charge in [0, 0.05) is 128 Å². The van der Waals surface area contributed by atoms with Gasteiger partial charge in [-0.2, -0.15) is 0 Å². The average molecular weight is 1890 g/mol. The van der Waals surface area contributed by atoms with Crippen LogP contribution in [0.1, 0.15) is 233 Å². The second kappa shape index (κ2) is 57.0. The van der Waals surface area contributed by atoms with Crippen molar-refractivity contribution in [1.29, 1.82) is 0 Å². The molecule has 0 aromatic carbocycles. The van der Waals surface area contributed by atoms with Crippen molar-refractivity contribution < 1.29 is 169 Å². The van der Waals surface area contributed by atoms with Crippen LogP contribution in [0.5, 0.6) is 0 Å². The highest BCUT2D eigenvalue weighted by atomic mass is 31.2. The number of β-amino-alcohol motifs (C(OH)–C–C–N with tert-alkyl or cyclic N) is 1.